The van der Waals surface area contributed by atoms with E-state index in [1.165, 1.54) is 5.56 Å². The van der Waals surface area contributed by atoms with Crippen molar-refractivity contribution in [3.63, 3.8) is 0 Å². The standard InChI is InChI=1S/C10H15N5/c1-11-6-10-12-3-4-15(10)8-9-5-13-14(2)7-9/h3-5,7,11H,6,8H2,1-2H3. The molecule has 1 N–H and O–H groups in total. The summed E-state index contributed by atoms with van der Waals surface area (Å²) in [4.78, 5) is 4.28. The molecule has 0 aliphatic heterocycles. The Balaban J connectivity index is 2.13. The molecule has 0 saturated heterocycles. The van der Waals surface area contributed by atoms with Crippen LogP contribution >= 0.6 is 0 Å². The monoisotopic (exact) mass is 205 g/mol. The number of aromatic nitrogens is 4. The van der Waals surface area contributed by atoms with Gasteiger partial charge in [0.15, 0.2) is 0 Å². The van der Waals surface area contributed by atoms with Crippen molar-refractivity contribution in [1.82, 2.24) is 24.6 Å². The zero-order valence-corrected chi connectivity index (χ0v) is 9.01. The third kappa shape index (κ3) is 2.24. The highest BCUT2D eigenvalue weighted by atomic mass is 15.2. The summed E-state index contributed by atoms with van der Waals surface area (Å²) in [5, 5.41) is 7.24. The third-order valence-corrected chi connectivity index (χ3v) is 2.25. The number of nitrogens with one attached hydrogen (secondary N) is 1. The summed E-state index contributed by atoms with van der Waals surface area (Å²) in [6, 6.07) is 0. The maximum Gasteiger partial charge on any atom is 0.122 e. The van der Waals surface area contributed by atoms with Crippen LogP contribution in [0, 0.1) is 0 Å². The van der Waals surface area contributed by atoms with Crippen LogP contribution in [0.2, 0.25) is 0 Å². The van der Waals surface area contributed by atoms with Gasteiger partial charge >= 0.3 is 0 Å². The van der Waals surface area contributed by atoms with Gasteiger partial charge in [-0.05, 0) is 7.05 Å². The van der Waals surface area contributed by atoms with E-state index < -0.39 is 0 Å². The number of rotatable bonds is 4. The van der Waals surface area contributed by atoms with Gasteiger partial charge in [-0.2, -0.15) is 5.10 Å². The molecule has 15 heavy (non-hydrogen) atoms. The molecule has 0 aliphatic rings. The van der Waals surface area contributed by atoms with Crippen LogP contribution in [-0.4, -0.2) is 26.4 Å². The number of imidazole rings is 1. The molecule has 5 heteroatoms. The van der Waals surface area contributed by atoms with Gasteiger partial charge in [0, 0.05) is 31.2 Å². The van der Waals surface area contributed by atoms with Crippen LogP contribution in [0.25, 0.3) is 0 Å². The molecule has 0 unspecified atom stereocenters. The van der Waals surface area contributed by atoms with E-state index in [0.29, 0.717) is 0 Å². The quantitative estimate of drug-likeness (QED) is 0.785. The number of hydrogen-bond donors (Lipinski definition) is 1. The van der Waals surface area contributed by atoms with Gasteiger partial charge in [0.05, 0.1) is 19.3 Å². The fourth-order valence-electron chi connectivity index (χ4n) is 1.56. The summed E-state index contributed by atoms with van der Waals surface area (Å²) < 4.78 is 3.93. The fourth-order valence-corrected chi connectivity index (χ4v) is 1.56. The Kier molecular flexibility index (Phi) is 2.82. The van der Waals surface area contributed by atoms with Gasteiger partial charge in [-0.3, -0.25) is 4.68 Å². The molecule has 0 saturated carbocycles. The third-order valence-electron chi connectivity index (χ3n) is 2.25. The second-order valence-electron chi connectivity index (χ2n) is 3.52. The molecular formula is C10H15N5. The summed E-state index contributed by atoms with van der Waals surface area (Å²) in [5.74, 6) is 1.04. The molecule has 2 aromatic heterocycles. The normalized spacial score (nSPS) is 10.8. The van der Waals surface area contributed by atoms with E-state index >= 15 is 0 Å². The molecule has 0 atom stereocenters. The lowest BCUT2D eigenvalue weighted by molar-refractivity contribution is 0.672. The SMILES string of the molecule is CNCc1nccn1Cc1cnn(C)c1. The second kappa shape index (κ2) is 4.27. The minimum Gasteiger partial charge on any atom is -0.329 e. The molecule has 80 valence electrons. The Morgan fingerprint density at radius 3 is 3.00 bits per heavy atom. The minimum absolute atomic E-state index is 0.785. The molecule has 5 nitrogen and oxygen atoms in total. The maximum absolute atomic E-state index is 4.28. The first-order chi connectivity index (χ1) is 7.29. The van der Waals surface area contributed by atoms with Crippen molar-refractivity contribution in [3.05, 3.63) is 36.2 Å². The Morgan fingerprint density at radius 1 is 1.47 bits per heavy atom. The molecule has 2 heterocycles. The van der Waals surface area contributed by atoms with E-state index in [4.69, 9.17) is 0 Å². The highest BCUT2D eigenvalue weighted by Crippen LogP contribution is 2.04. The molecule has 0 spiro atoms. The summed E-state index contributed by atoms with van der Waals surface area (Å²) in [6.07, 6.45) is 7.70. The Bertz CT molecular complexity index is 428. The lowest BCUT2D eigenvalue weighted by Gasteiger charge is -2.05. The van der Waals surface area contributed by atoms with Gasteiger partial charge in [-0.1, -0.05) is 0 Å². The van der Waals surface area contributed by atoms with E-state index in [2.05, 4.69) is 20.0 Å². The summed E-state index contributed by atoms with van der Waals surface area (Å²) in [5.41, 5.74) is 1.19. The largest absolute Gasteiger partial charge is 0.329 e. The van der Waals surface area contributed by atoms with Crippen molar-refractivity contribution in [2.45, 2.75) is 13.1 Å². The Morgan fingerprint density at radius 2 is 2.33 bits per heavy atom. The van der Waals surface area contributed by atoms with Gasteiger partial charge in [0.25, 0.3) is 0 Å². The van der Waals surface area contributed by atoms with E-state index in [1.54, 1.807) is 0 Å². The van der Waals surface area contributed by atoms with E-state index in [0.717, 1.165) is 18.9 Å². The van der Waals surface area contributed by atoms with Crippen molar-refractivity contribution < 1.29 is 0 Å². The zero-order chi connectivity index (χ0) is 10.7. The molecule has 0 bridgehead atoms. The molecule has 2 rings (SSSR count). The predicted molar refractivity (Wildman–Crippen MR) is 57.3 cm³/mol. The summed E-state index contributed by atoms with van der Waals surface area (Å²) >= 11 is 0. The number of nitrogens with zero attached hydrogens (tertiary/aromatic N) is 4. The first-order valence-electron chi connectivity index (χ1n) is 4.91. The van der Waals surface area contributed by atoms with Crippen molar-refractivity contribution in [3.8, 4) is 0 Å². The van der Waals surface area contributed by atoms with E-state index in [-0.39, 0.29) is 0 Å². The van der Waals surface area contributed by atoms with E-state index in [9.17, 15) is 0 Å². The number of hydrogen-bond acceptors (Lipinski definition) is 3. The topological polar surface area (TPSA) is 47.7 Å². The van der Waals surface area contributed by atoms with Gasteiger partial charge in [0.1, 0.15) is 5.82 Å². The van der Waals surface area contributed by atoms with Crippen molar-refractivity contribution in [2.24, 2.45) is 7.05 Å². The fraction of sp³-hybridized carbons (Fsp3) is 0.400. The second-order valence-corrected chi connectivity index (χ2v) is 3.52. The average molecular weight is 205 g/mol. The maximum atomic E-state index is 4.28. The van der Waals surface area contributed by atoms with Gasteiger partial charge < -0.3 is 9.88 Å². The number of aryl methyl sites for hydroxylation is 1. The van der Waals surface area contributed by atoms with Crippen LogP contribution in [0.3, 0.4) is 0 Å². The highest BCUT2D eigenvalue weighted by molar-refractivity contribution is 5.06. The lowest BCUT2D eigenvalue weighted by atomic mass is 10.3. The van der Waals surface area contributed by atoms with Crippen LogP contribution in [0.5, 0.6) is 0 Å². The summed E-state index contributed by atoms with van der Waals surface area (Å²) in [7, 11) is 3.84. The van der Waals surface area contributed by atoms with Crippen molar-refractivity contribution >= 4 is 0 Å². The Hall–Kier alpha value is -1.62. The average Bonchev–Trinajstić information content (AvgIpc) is 2.78. The van der Waals surface area contributed by atoms with Crippen LogP contribution in [0.1, 0.15) is 11.4 Å². The molecule has 0 aromatic carbocycles. The lowest BCUT2D eigenvalue weighted by Crippen LogP contribution is -2.12. The van der Waals surface area contributed by atoms with Crippen LogP contribution < -0.4 is 5.32 Å². The van der Waals surface area contributed by atoms with Crippen LogP contribution in [-0.2, 0) is 20.1 Å². The Labute approximate surface area is 88.7 Å². The van der Waals surface area contributed by atoms with E-state index in [1.807, 2.05) is 43.6 Å². The first kappa shape index (κ1) is 9.92. The minimum atomic E-state index is 0.785. The smallest absolute Gasteiger partial charge is 0.122 e. The van der Waals surface area contributed by atoms with Gasteiger partial charge in [0.2, 0.25) is 0 Å². The van der Waals surface area contributed by atoms with Crippen LogP contribution in [0.4, 0.5) is 0 Å². The molecule has 0 fully saturated rings. The molecular weight excluding hydrogens is 190 g/mol. The van der Waals surface area contributed by atoms with Crippen molar-refractivity contribution in [1.29, 1.82) is 0 Å². The molecule has 2 aromatic rings. The van der Waals surface area contributed by atoms with Gasteiger partial charge in [-0.15, -0.1) is 0 Å². The molecule has 0 radical (unpaired) electrons. The summed E-state index contributed by atoms with van der Waals surface area (Å²) in [6.45, 7) is 1.61. The van der Waals surface area contributed by atoms with Gasteiger partial charge in [-0.25, -0.2) is 4.98 Å². The highest BCUT2D eigenvalue weighted by Gasteiger charge is 2.03. The molecule has 0 amide bonds. The van der Waals surface area contributed by atoms with Crippen molar-refractivity contribution in [2.75, 3.05) is 7.05 Å². The first-order valence-corrected chi connectivity index (χ1v) is 4.91. The predicted octanol–water partition coefficient (Wildman–Crippen LogP) is 0.384. The zero-order valence-electron chi connectivity index (χ0n) is 9.01. The van der Waals surface area contributed by atoms with Crippen LogP contribution in [0.15, 0.2) is 24.8 Å². The molecule has 0 aliphatic carbocycles.